The van der Waals surface area contributed by atoms with Gasteiger partial charge in [0.1, 0.15) is 22.9 Å². The first kappa shape index (κ1) is 15.4. The molecule has 0 aliphatic carbocycles. The number of carbonyl (C=O) groups excluding carboxylic acids is 1. The summed E-state index contributed by atoms with van der Waals surface area (Å²) in [6, 6.07) is 14.6. The maximum atomic E-state index is 12.6. The quantitative estimate of drug-likeness (QED) is 0.294. The predicted molar refractivity (Wildman–Crippen MR) is 96.2 cm³/mol. The van der Waals surface area contributed by atoms with Crippen molar-refractivity contribution < 1.29 is 19.4 Å². The highest BCUT2D eigenvalue weighted by Crippen LogP contribution is 2.57. The Kier molecular flexibility index (Phi) is 2.89. The Morgan fingerprint density at radius 3 is 2.56 bits per heavy atom. The van der Waals surface area contributed by atoms with E-state index in [1.807, 2.05) is 6.07 Å². The third-order valence-corrected chi connectivity index (χ3v) is 4.95. The molecule has 0 radical (unpaired) electrons. The summed E-state index contributed by atoms with van der Waals surface area (Å²) in [6.45, 7) is 0. The van der Waals surface area contributed by atoms with Crippen LogP contribution in [0.25, 0.3) is 0 Å². The van der Waals surface area contributed by atoms with Crippen LogP contribution >= 0.6 is 0 Å². The first-order chi connectivity index (χ1) is 13.0. The highest BCUT2D eigenvalue weighted by Gasteiger charge is 2.53. The van der Waals surface area contributed by atoms with Crippen LogP contribution in [0, 0.1) is 4.91 Å². The van der Waals surface area contributed by atoms with Gasteiger partial charge in [0.2, 0.25) is 0 Å². The van der Waals surface area contributed by atoms with Crippen molar-refractivity contribution in [3.8, 4) is 17.2 Å². The molecule has 3 N–H and O–H groups in total. The number of nitrogens with two attached hydrogens (primary N) is 1. The third-order valence-electron chi connectivity index (χ3n) is 4.95. The fourth-order valence-electron chi connectivity index (χ4n) is 3.77. The van der Waals surface area contributed by atoms with Crippen LogP contribution in [0.3, 0.4) is 0 Å². The molecule has 27 heavy (non-hydrogen) atoms. The van der Waals surface area contributed by atoms with Crippen molar-refractivity contribution in [2.75, 3.05) is 5.73 Å². The van der Waals surface area contributed by atoms with Crippen molar-refractivity contribution in [2.24, 2.45) is 5.18 Å². The Labute approximate surface area is 152 Å². The molecular formula is C20H12N2O5. The standard InChI is InChI=1S/C20H12N2O5/c21-15-8-14-18(9-16(15)23)26-17-7-10(22-25)5-6-13(17)20(14)12-4-2-1-3-11(12)19(24)27-20/h1-9,23H,21H2. The SMILES string of the molecule is Nc1cc2c(cc1O)Oc1cc(N=O)ccc1C21OC(=O)c2ccccc21. The molecule has 0 aromatic heterocycles. The normalized spacial score (nSPS) is 18.9. The average molecular weight is 360 g/mol. The van der Waals surface area contributed by atoms with Crippen molar-refractivity contribution in [1.82, 2.24) is 0 Å². The fourth-order valence-corrected chi connectivity index (χ4v) is 3.77. The Morgan fingerprint density at radius 1 is 0.963 bits per heavy atom. The topological polar surface area (TPSA) is 111 Å². The molecule has 7 heteroatoms. The predicted octanol–water partition coefficient (Wildman–Crippen LogP) is 3.94. The Morgan fingerprint density at radius 2 is 1.74 bits per heavy atom. The highest BCUT2D eigenvalue weighted by molar-refractivity contribution is 5.97. The van der Waals surface area contributed by atoms with Crippen LogP contribution in [0.1, 0.15) is 27.0 Å². The molecule has 0 bridgehead atoms. The van der Waals surface area contributed by atoms with E-state index in [2.05, 4.69) is 5.18 Å². The molecule has 5 rings (SSSR count). The van der Waals surface area contributed by atoms with Crippen LogP contribution in [0.4, 0.5) is 11.4 Å². The molecule has 3 aromatic carbocycles. The minimum atomic E-state index is -1.29. The molecule has 1 atom stereocenters. The van der Waals surface area contributed by atoms with Gasteiger partial charge in [-0.05, 0) is 29.4 Å². The monoisotopic (exact) mass is 360 g/mol. The van der Waals surface area contributed by atoms with Crippen LogP contribution in [0.2, 0.25) is 0 Å². The number of hydrogen-bond acceptors (Lipinski definition) is 7. The highest BCUT2D eigenvalue weighted by atomic mass is 16.6. The lowest BCUT2D eigenvalue weighted by Gasteiger charge is -2.36. The number of hydrogen-bond donors (Lipinski definition) is 2. The first-order valence-corrected chi connectivity index (χ1v) is 8.16. The second kappa shape index (κ2) is 5.07. The van der Waals surface area contributed by atoms with Gasteiger partial charge in [0.25, 0.3) is 0 Å². The Bertz CT molecular complexity index is 1160. The van der Waals surface area contributed by atoms with Crippen LogP contribution in [-0.2, 0) is 10.3 Å². The van der Waals surface area contributed by atoms with E-state index in [1.54, 1.807) is 24.3 Å². The smallest absolute Gasteiger partial charge is 0.340 e. The molecular weight excluding hydrogens is 348 g/mol. The summed E-state index contributed by atoms with van der Waals surface area (Å²) in [6.07, 6.45) is 0. The summed E-state index contributed by atoms with van der Waals surface area (Å²) in [4.78, 5) is 23.6. The largest absolute Gasteiger partial charge is 0.506 e. The number of aromatic hydroxyl groups is 1. The van der Waals surface area contributed by atoms with E-state index in [9.17, 15) is 14.8 Å². The number of esters is 1. The van der Waals surface area contributed by atoms with E-state index in [-0.39, 0.29) is 22.9 Å². The summed E-state index contributed by atoms with van der Waals surface area (Å²) >= 11 is 0. The van der Waals surface area contributed by atoms with Crippen molar-refractivity contribution in [1.29, 1.82) is 0 Å². The van der Waals surface area contributed by atoms with Gasteiger partial charge in [-0.25, -0.2) is 4.79 Å². The van der Waals surface area contributed by atoms with Crippen molar-refractivity contribution in [3.05, 3.63) is 81.8 Å². The molecule has 0 saturated heterocycles. The van der Waals surface area contributed by atoms with Gasteiger partial charge >= 0.3 is 5.97 Å². The number of benzene rings is 3. The van der Waals surface area contributed by atoms with Gasteiger partial charge < -0.3 is 20.3 Å². The number of phenolic OH excluding ortho intramolecular Hbond substituents is 1. The minimum absolute atomic E-state index is 0.131. The zero-order valence-electron chi connectivity index (χ0n) is 13.8. The van der Waals surface area contributed by atoms with Gasteiger partial charge in [0.15, 0.2) is 5.60 Å². The zero-order valence-corrected chi connectivity index (χ0v) is 13.8. The van der Waals surface area contributed by atoms with Gasteiger partial charge in [-0.3, -0.25) is 0 Å². The summed E-state index contributed by atoms with van der Waals surface area (Å²) in [5, 5.41) is 13.0. The van der Waals surface area contributed by atoms with Crippen LogP contribution in [0.5, 0.6) is 17.2 Å². The number of phenols is 1. The maximum absolute atomic E-state index is 12.6. The second-order valence-electron chi connectivity index (χ2n) is 6.40. The van der Waals surface area contributed by atoms with Crippen LogP contribution in [0.15, 0.2) is 59.8 Å². The van der Waals surface area contributed by atoms with E-state index >= 15 is 0 Å². The Balaban J connectivity index is 1.91. The molecule has 0 amide bonds. The molecule has 3 aromatic rings. The van der Waals surface area contributed by atoms with Gasteiger partial charge in [0.05, 0.1) is 11.3 Å². The number of nitrogens with zero attached hydrogens (tertiary/aromatic N) is 1. The van der Waals surface area contributed by atoms with E-state index in [1.165, 1.54) is 24.3 Å². The first-order valence-electron chi connectivity index (χ1n) is 8.16. The fraction of sp³-hybridized carbons (Fsp3) is 0.0500. The van der Waals surface area contributed by atoms with E-state index in [0.29, 0.717) is 28.0 Å². The summed E-state index contributed by atoms with van der Waals surface area (Å²) in [7, 11) is 0. The lowest BCUT2D eigenvalue weighted by atomic mass is 9.77. The molecule has 1 spiro atoms. The van der Waals surface area contributed by atoms with E-state index in [4.69, 9.17) is 15.2 Å². The van der Waals surface area contributed by atoms with Crippen molar-refractivity contribution in [2.45, 2.75) is 5.60 Å². The summed E-state index contributed by atoms with van der Waals surface area (Å²) < 4.78 is 11.8. The number of carbonyl (C=O) groups is 1. The van der Waals surface area contributed by atoms with Gasteiger partial charge in [0, 0.05) is 28.8 Å². The number of ether oxygens (including phenoxy) is 2. The summed E-state index contributed by atoms with van der Waals surface area (Å²) in [5.74, 6) is -0.0433. The van der Waals surface area contributed by atoms with Crippen molar-refractivity contribution >= 4 is 17.3 Å². The molecule has 0 saturated carbocycles. The maximum Gasteiger partial charge on any atom is 0.340 e. The number of nitroso groups, excluding NO2 is 1. The molecule has 2 aliphatic heterocycles. The van der Waals surface area contributed by atoms with Gasteiger partial charge in [-0.2, -0.15) is 0 Å². The molecule has 2 heterocycles. The second-order valence-corrected chi connectivity index (χ2v) is 6.40. The molecule has 2 aliphatic rings. The van der Waals surface area contributed by atoms with Gasteiger partial charge in [-0.15, -0.1) is 4.91 Å². The zero-order chi connectivity index (χ0) is 18.8. The lowest BCUT2D eigenvalue weighted by Crippen LogP contribution is -2.33. The molecule has 7 nitrogen and oxygen atoms in total. The number of nitrogen functional groups attached to an aromatic ring is 1. The third kappa shape index (κ3) is 1.88. The van der Waals surface area contributed by atoms with Gasteiger partial charge in [-0.1, -0.05) is 18.2 Å². The molecule has 0 fully saturated rings. The number of rotatable bonds is 1. The van der Waals surface area contributed by atoms with E-state index < -0.39 is 11.6 Å². The lowest BCUT2D eigenvalue weighted by molar-refractivity contribution is 0.0224. The van der Waals surface area contributed by atoms with E-state index in [0.717, 1.165) is 0 Å². The minimum Gasteiger partial charge on any atom is -0.506 e. The molecule has 1 unspecified atom stereocenters. The number of anilines is 1. The Hall–Kier alpha value is -3.87. The average Bonchev–Trinajstić information content (AvgIpc) is 2.97. The van der Waals surface area contributed by atoms with Crippen LogP contribution in [-0.4, -0.2) is 11.1 Å². The number of fused-ring (bicyclic) bond motifs is 6. The molecule has 132 valence electrons. The summed E-state index contributed by atoms with van der Waals surface area (Å²) in [5.41, 5.74) is 7.03. The van der Waals surface area contributed by atoms with Crippen molar-refractivity contribution in [3.63, 3.8) is 0 Å². The van der Waals surface area contributed by atoms with Crippen LogP contribution < -0.4 is 10.5 Å².